The number of ether oxygens (including phenoxy) is 1. The van der Waals surface area contributed by atoms with Gasteiger partial charge in [-0.1, -0.05) is 57.4 Å². The van der Waals surface area contributed by atoms with Crippen molar-refractivity contribution in [3.05, 3.63) is 35.4 Å². The third-order valence-corrected chi connectivity index (χ3v) is 7.24. The van der Waals surface area contributed by atoms with Gasteiger partial charge in [-0.25, -0.2) is 0 Å². The Bertz CT molecular complexity index is 611. The second kappa shape index (κ2) is 8.77. The number of carboxylic acid groups (broad SMARTS) is 1. The normalized spacial score (nSPS) is 29.8. The molecule has 2 bridgehead atoms. The van der Waals surface area contributed by atoms with E-state index in [0.717, 1.165) is 45.1 Å². The summed E-state index contributed by atoms with van der Waals surface area (Å²) in [5, 5.41) is 10.1. The van der Waals surface area contributed by atoms with E-state index in [1.54, 1.807) is 0 Å². The number of fused-ring (bicyclic) bond motifs is 3. The lowest BCUT2D eigenvalue weighted by molar-refractivity contribution is -0.162. The minimum absolute atomic E-state index is 0.157. The molecular weight excluding hydrogens is 336 g/mol. The van der Waals surface area contributed by atoms with Crippen LogP contribution in [-0.4, -0.2) is 17.7 Å². The fourth-order valence-electron chi connectivity index (χ4n) is 5.49. The highest BCUT2D eigenvalue weighted by molar-refractivity contribution is 5.77. The summed E-state index contributed by atoms with van der Waals surface area (Å²) < 4.78 is 5.64. The van der Waals surface area contributed by atoms with Crippen molar-refractivity contribution in [2.45, 2.75) is 90.6 Å². The third kappa shape index (κ3) is 4.23. The first-order valence-corrected chi connectivity index (χ1v) is 11.0. The standard InChI is InChI=1S/C24H36O3/c1-3-5-6-11-23-12-14-24(15-13-23,22(25)26)21(17-23)20-9-7-19(8-10-20)18-27-16-4-2/h7-10,21H,3-6,11-18H2,1-2H3,(H,25,26). The lowest BCUT2D eigenvalue weighted by Crippen LogP contribution is -2.50. The highest BCUT2D eigenvalue weighted by Gasteiger charge is 2.58. The van der Waals surface area contributed by atoms with Gasteiger partial charge in [-0.05, 0) is 61.5 Å². The van der Waals surface area contributed by atoms with Gasteiger partial charge in [0.15, 0.2) is 0 Å². The van der Waals surface area contributed by atoms with Crippen LogP contribution < -0.4 is 0 Å². The predicted molar refractivity (Wildman–Crippen MR) is 109 cm³/mol. The molecule has 1 N–H and O–H groups in total. The van der Waals surface area contributed by atoms with E-state index in [1.807, 2.05) is 0 Å². The van der Waals surface area contributed by atoms with E-state index in [1.165, 1.54) is 36.8 Å². The zero-order valence-electron chi connectivity index (χ0n) is 17.1. The molecule has 1 aromatic carbocycles. The van der Waals surface area contributed by atoms with Gasteiger partial charge in [0.05, 0.1) is 12.0 Å². The number of hydrogen-bond donors (Lipinski definition) is 1. The molecular formula is C24H36O3. The van der Waals surface area contributed by atoms with Crippen molar-refractivity contribution < 1.29 is 14.6 Å². The van der Waals surface area contributed by atoms with E-state index >= 15 is 0 Å². The van der Waals surface area contributed by atoms with Crippen molar-refractivity contribution in [2.24, 2.45) is 10.8 Å². The summed E-state index contributed by atoms with van der Waals surface area (Å²) in [6, 6.07) is 8.60. The second-order valence-electron chi connectivity index (χ2n) is 8.97. The quantitative estimate of drug-likeness (QED) is 0.489. The molecule has 3 saturated carbocycles. The largest absolute Gasteiger partial charge is 0.481 e. The van der Waals surface area contributed by atoms with Crippen molar-refractivity contribution in [1.29, 1.82) is 0 Å². The van der Waals surface area contributed by atoms with Gasteiger partial charge in [0.2, 0.25) is 0 Å². The molecule has 3 fully saturated rings. The second-order valence-corrected chi connectivity index (χ2v) is 8.97. The van der Waals surface area contributed by atoms with Gasteiger partial charge < -0.3 is 9.84 Å². The number of unbranched alkanes of at least 4 members (excludes halogenated alkanes) is 2. The Labute approximate surface area is 164 Å². The SMILES string of the molecule is CCCCCC12CCC(C(=O)O)(CC1)C(c1ccc(COCCC)cc1)C2. The van der Waals surface area contributed by atoms with Crippen molar-refractivity contribution in [3.63, 3.8) is 0 Å². The Morgan fingerprint density at radius 3 is 2.37 bits per heavy atom. The molecule has 3 nitrogen and oxygen atoms in total. The van der Waals surface area contributed by atoms with E-state index in [0.29, 0.717) is 12.0 Å². The Hall–Kier alpha value is -1.35. The molecule has 1 atom stereocenters. The lowest BCUT2D eigenvalue weighted by atomic mass is 9.47. The summed E-state index contributed by atoms with van der Waals surface area (Å²) in [6.07, 6.45) is 11.1. The van der Waals surface area contributed by atoms with Gasteiger partial charge in [-0.2, -0.15) is 0 Å². The van der Waals surface area contributed by atoms with Crippen molar-refractivity contribution in [3.8, 4) is 0 Å². The molecule has 1 aromatic rings. The van der Waals surface area contributed by atoms with Gasteiger partial charge in [0.25, 0.3) is 0 Å². The summed E-state index contributed by atoms with van der Waals surface area (Å²) in [5.74, 6) is -0.422. The van der Waals surface area contributed by atoms with Gasteiger partial charge in [-0.3, -0.25) is 4.79 Å². The minimum Gasteiger partial charge on any atom is -0.481 e. The fourth-order valence-corrected chi connectivity index (χ4v) is 5.49. The van der Waals surface area contributed by atoms with E-state index in [9.17, 15) is 9.90 Å². The Kier molecular flexibility index (Phi) is 6.62. The average molecular weight is 373 g/mol. The molecule has 0 radical (unpaired) electrons. The van der Waals surface area contributed by atoms with Gasteiger partial charge in [-0.15, -0.1) is 0 Å². The Morgan fingerprint density at radius 2 is 1.78 bits per heavy atom. The van der Waals surface area contributed by atoms with Crippen LogP contribution in [0.3, 0.4) is 0 Å². The molecule has 0 amide bonds. The maximum atomic E-state index is 12.3. The molecule has 150 valence electrons. The smallest absolute Gasteiger partial charge is 0.310 e. The molecule has 3 aliphatic rings. The topological polar surface area (TPSA) is 46.5 Å². The van der Waals surface area contributed by atoms with E-state index in [2.05, 4.69) is 38.1 Å². The molecule has 3 aliphatic carbocycles. The number of aliphatic carboxylic acids is 1. The number of carboxylic acids is 1. The summed E-state index contributed by atoms with van der Waals surface area (Å²) in [6.45, 7) is 5.79. The van der Waals surface area contributed by atoms with E-state index in [4.69, 9.17) is 4.74 Å². The molecule has 0 aliphatic heterocycles. The van der Waals surface area contributed by atoms with Gasteiger partial charge in [0.1, 0.15) is 0 Å². The van der Waals surface area contributed by atoms with Crippen molar-refractivity contribution in [2.75, 3.05) is 6.61 Å². The van der Waals surface area contributed by atoms with Crippen LogP contribution in [0.4, 0.5) is 0 Å². The van der Waals surface area contributed by atoms with Gasteiger partial charge in [0, 0.05) is 12.5 Å². The molecule has 0 heterocycles. The molecule has 0 spiro atoms. The van der Waals surface area contributed by atoms with Gasteiger partial charge >= 0.3 is 5.97 Å². The van der Waals surface area contributed by atoms with Crippen LogP contribution in [0.2, 0.25) is 0 Å². The lowest BCUT2D eigenvalue weighted by Gasteiger charge is -2.56. The van der Waals surface area contributed by atoms with Crippen molar-refractivity contribution >= 4 is 5.97 Å². The van der Waals surface area contributed by atoms with E-state index < -0.39 is 11.4 Å². The Morgan fingerprint density at radius 1 is 1.07 bits per heavy atom. The number of benzene rings is 1. The van der Waals surface area contributed by atoms with Crippen LogP contribution in [0.15, 0.2) is 24.3 Å². The zero-order valence-corrected chi connectivity index (χ0v) is 17.1. The number of rotatable bonds is 10. The number of carbonyl (C=O) groups is 1. The van der Waals surface area contributed by atoms with Crippen LogP contribution in [0.25, 0.3) is 0 Å². The van der Waals surface area contributed by atoms with Crippen LogP contribution in [-0.2, 0) is 16.1 Å². The monoisotopic (exact) mass is 372 g/mol. The van der Waals surface area contributed by atoms with Crippen LogP contribution in [0.1, 0.15) is 95.1 Å². The minimum atomic E-state index is -0.579. The van der Waals surface area contributed by atoms with Crippen LogP contribution >= 0.6 is 0 Å². The molecule has 0 aromatic heterocycles. The van der Waals surface area contributed by atoms with Crippen LogP contribution in [0.5, 0.6) is 0 Å². The molecule has 3 heteroatoms. The third-order valence-electron chi connectivity index (χ3n) is 7.24. The Balaban J connectivity index is 1.77. The molecule has 0 saturated heterocycles. The summed E-state index contributed by atoms with van der Waals surface area (Å²) in [4.78, 5) is 12.3. The van der Waals surface area contributed by atoms with E-state index in [-0.39, 0.29) is 5.92 Å². The summed E-state index contributed by atoms with van der Waals surface area (Å²) in [5.41, 5.74) is 2.22. The molecule has 27 heavy (non-hydrogen) atoms. The van der Waals surface area contributed by atoms with Crippen LogP contribution in [0, 0.1) is 10.8 Å². The number of hydrogen-bond acceptors (Lipinski definition) is 2. The zero-order chi connectivity index (χ0) is 19.3. The average Bonchev–Trinajstić information content (AvgIpc) is 2.69. The summed E-state index contributed by atoms with van der Waals surface area (Å²) in [7, 11) is 0. The molecule has 4 rings (SSSR count). The maximum Gasteiger partial charge on any atom is 0.310 e. The first-order chi connectivity index (χ1) is 13.1. The first kappa shape index (κ1) is 20.4. The maximum absolute atomic E-state index is 12.3. The predicted octanol–water partition coefficient (Wildman–Crippen LogP) is 6.31. The summed E-state index contributed by atoms with van der Waals surface area (Å²) >= 11 is 0. The first-order valence-electron chi connectivity index (χ1n) is 11.0. The molecule has 1 unspecified atom stereocenters. The van der Waals surface area contributed by atoms with Crippen molar-refractivity contribution in [1.82, 2.24) is 0 Å². The highest BCUT2D eigenvalue weighted by Crippen LogP contribution is 2.64. The highest BCUT2D eigenvalue weighted by atomic mass is 16.5. The fraction of sp³-hybridized carbons (Fsp3) is 0.708.